The van der Waals surface area contributed by atoms with Crippen molar-refractivity contribution in [3.63, 3.8) is 0 Å². The Labute approximate surface area is 144 Å². The molecular formula is C15H15ClN4O3S. The number of rotatable bonds is 3. The number of carbonyl (C=O) groups is 1. The van der Waals surface area contributed by atoms with E-state index in [0.717, 1.165) is 11.6 Å². The first-order valence-electron chi connectivity index (χ1n) is 6.67. The monoisotopic (exact) mass is 366 g/mol. The number of aliphatic imine (C=N–C) groups is 1. The molecular weight excluding hydrogens is 352 g/mol. The van der Waals surface area contributed by atoms with Crippen LogP contribution in [0.3, 0.4) is 0 Å². The summed E-state index contributed by atoms with van der Waals surface area (Å²) in [5, 5.41) is 5.29. The van der Waals surface area contributed by atoms with Gasteiger partial charge in [0.05, 0.1) is 15.5 Å². The van der Waals surface area contributed by atoms with Gasteiger partial charge >= 0.3 is 0 Å². The summed E-state index contributed by atoms with van der Waals surface area (Å²) in [4.78, 5) is 15.1. The number of primary sulfonamides is 1. The predicted octanol–water partition coefficient (Wildman–Crippen LogP) is 1.38. The Hall–Kier alpha value is -2.42. The van der Waals surface area contributed by atoms with Gasteiger partial charge in [0, 0.05) is 5.56 Å². The summed E-state index contributed by atoms with van der Waals surface area (Å²) in [6, 6.07) is 9.51. The molecule has 2 aromatic rings. The third kappa shape index (κ3) is 3.91. The molecule has 9 heteroatoms. The minimum atomic E-state index is -4.11. The number of hydrogen-bond donors (Lipinski definition) is 3. The molecule has 2 rings (SSSR count). The SMILES string of the molecule is Cc1ccc(-c2cc(Cl)c(C(=O)N=C(N)N)cc2S(N)(=O)=O)cc1. The second-order valence-corrected chi connectivity index (χ2v) is 7.02. The molecule has 0 aliphatic rings. The molecule has 0 radical (unpaired) electrons. The van der Waals surface area contributed by atoms with Crippen molar-refractivity contribution >= 4 is 33.5 Å². The second kappa shape index (κ2) is 6.60. The van der Waals surface area contributed by atoms with Gasteiger partial charge in [-0.25, -0.2) is 13.6 Å². The van der Waals surface area contributed by atoms with Gasteiger partial charge in [-0.1, -0.05) is 41.4 Å². The van der Waals surface area contributed by atoms with Gasteiger partial charge in [0.1, 0.15) is 0 Å². The summed E-state index contributed by atoms with van der Waals surface area (Å²) >= 11 is 6.10. The van der Waals surface area contributed by atoms with Crippen LogP contribution in [-0.2, 0) is 10.0 Å². The van der Waals surface area contributed by atoms with Crippen molar-refractivity contribution in [2.75, 3.05) is 0 Å². The van der Waals surface area contributed by atoms with E-state index in [1.807, 2.05) is 19.1 Å². The first kappa shape index (κ1) is 17.9. The average Bonchev–Trinajstić information content (AvgIpc) is 2.45. The third-order valence-electron chi connectivity index (χ3n) is 3.20. The van der Waals surface area contributed by atoms with E-state index in [9.17, 15) is 13.2 Å². The van der Waals surface area contributed by atoms with Crippen LogP contribution in [0.2, 0.25) is 5.02 Å². The van der Waals surface area contributed by atoms with Crippen LogP contribution < -0.4 is 16.6 Å². The molecule has 0 fully saturated rings. The molecule has 24 heavy (non-hydrogen) atoms. The van der Waals surface area contributed by atoms with E-state index in [1.165, 1.54) is 6.07 Å². The predicted molar refractivity (Wildman–Crippen MR) is 93.1 cm³/mol. The fourth-order valence-corrected chi connectivity index (χ4v) is 3.10. The Balaban J connectivity index is 2.74. The molecule has 0 atom stereocenters. The highest BCUT2D eigenvalue weighted by molar-refractivity contribution is 7.89. The highest BCUT2D eigenvalue weighted by Crippen LogP contribution is 2.32. The molecule has 0 bridgehead atoms. The van der Waals surface area contributed by atoms with Crippen LogP contribution in [0, 0.1) is 6.92 Å². The summed E-state index contributed by atoms with van der Waals surface area (Å²) in [7, 11) is -4.11. The van der Waals surface area contributed by atoms with Crippen LogP contribution in [-0.4, -0.2) is 20.3 Å². The van der Waals surface area contributed by atoms with Crippen LogP contribution in [0.15, 0.2) is 46.3 Å². The number of carbonyl (C=O) groups excluding carboxylic acids is 1. The fourth-order valence-electron chi connectivity index (χ4n) is 2.09. The lowest BCUT2D eigenvalue weighted by molar-refractivity contribution is 0.100. The maximum absolute atomic E-state index is 12.0. The molecule has 0 spiro atoms. The largest absolute Gasteiger partial charge is 0.370 e. The molecule has 0 aliphatic carbocycles. The van der Waals surface area contributed by atoms with Crippen LogP contribution in [0.1, 0.15) is 15.9 Å². The third-order valence-corrected chi connectivity index (χ3v) is 4.46. The molecule has 0 aliphatic heterocycles. The Morgan fingerprint density at radius 2 is 1.71 bits per heavy atom. The van der Waals surface area contributed by atoms with E-state index in [1.54, 1.807) is 12.1 Å². The molecule has 126 valence electrons. The summed E-state index contributed by atoms with van der Waals surface area (Å²) in [6.07, 6.45) is 0. The van der Waals surface area contributed by atoms with Crippen molar-refractivity contribution in [3.8, 4) is 11.1 Å². The van der Waals surface area contributed by atoms with E-state index in [0.29, 0.717) is 5.56 Å². The van der Waals surface area contributed by atoms with Gasteiger partial charge in [0.15, 0.2) is 5.96 Å². The fraction of sp³-hybridized carbons (Fsp3) is 0.0667. The number of amides is 1. The zero-order valence-corrected chi connectivity index (χ0v) is 14.2. The minimum absolute atomic E-state index is 0.00738. The highest BCUT2D eigenvalue weighted by atomic mass is 35.5. The van der Waals surface area contributed by atoms with Crippen molar-refractivity contribution in [1.82, 2.24) is 0 Å². The van der Waals surface area contributed by atoms with E-state index < -0.39 is 21.9 Å². The number of benzene rings is 2. The van der Waals surface area contributed by atoms with Crippen LogP contribution in [0.4, 0.5) is 0 Å². The molecule has 2 aromatic carbocycles. The molecule has 0 unspecified atom stereocenters. The number of hydrogen-bond acceptors (Lipinski definition) is 3. The van der Waals surface area contributed by atoms with Gasteiger partial charge in [-0.05, 0) is 24.6 Å². The van der Waals surface area contributed by atoms with E-state index in [4.69, 9.17) is 28.2 Å². The maximum atomic E-state index is 12.0. The first-order valence-corrected chi connectivity index (χ1v) is 8.59. The molecule has 0 aromatic heterocycles. The smallest absolute Gasteiger partial charge is 0.281 e. The maximum Gasteiger partial charge on any atom is 0.281 e. The second-order valence-electron chi connectivity index (χ2n) is 5.08. The highest BCUT2D eigenvalue weighted by Gasteiger charge is 2.21. The summed E-state index contributed by atoms with van der Waals surface area (Å²) in [6.45, 7) is 1.90. The quantitative estimate of drug-likeness (QED) is 0.555. The molecule has 1 amide bonds. The van der Waals surface area contributed by atoms with Crippen molar-refractivity contribution in [3.05, 3.63) is 52.5 Å². The Kier molecular flexibility index (Phi) is 4.93. The van der Waals surface area contributed by atoms with Crippen molar-refractivity contribution in [2.24, 2.45) is 21.6 Å². The van der Waals surface area contributed by atoms with E-state index in [-0.39, 0.29) is 21.0 Å². The average molecular weight is 367 g/mol. The van der Waals surface area contributed by atoms with E-state index in [2.05, 4.69) is 4.99 Å². The van der Waals surface area contributed by atoms with Gasteiger partial charge in [-0.3, -0.25) is 4.79 Å². The molecule has 6 N–H and O–H groups in total. The first-order chi connectivity index (χ1) is 11.1. The molecule has 0 heterocycles. The van der Waals surface area contributed by atoms with E-state index >= 15 is 0 Å². The summed E-state index contributed by atoms with van der Waals surface area (Å²) < 4.78 is 23.9. The summed E-state index contributed by atoms with van der Waals surface area (Å²) in [5.41, 5.74) is 12.0. The van der Waals surface area contributed by atoms with Gasteiger partial charge in [-0.2, -0.15) is 4.99 Å². The number of guanidine groups is 1. The van der Waals surface area contributed by atoms with Crippen LogP contribution in [0.5, 0.6) is 0 Å². The normalized spacial score (nSPS) is 11.1. The number of aryl methyl sites for hydroxylation is 1. The Morgan fingerprint density at radius 1 is 1.12 bits per heavy atom. The Morgan fingerprint density at radius 3 is 2.21 bits per heavy atom. The molecule has 7 nitrogen and oxygen atoms in total. The zero-order valence-electron chi connectivity index (χ0n) is 12.7. The minimum Gasteiger partial charge on any atom is -0.370 e. The zero-order chi connectivity index (χ0) is 18.1. The lowest BCUT2D eigenvalue weighted by atomic mass is 10.0. The number of halogens is 1. The number of sulfonamides is 1. The lowest BCUT2D eigenvalue weighted by Crippen LogP contribution is -2.24. The molecule has 0 saturated heterocycles. The van der Waals surface area contributed by atoms with Crippen molar-refractivity contribution in [2.45, 2.75) is 11.8 Å². The van der Waals surface area contributed by atoms with Gasteiger partial charge < -0.3 is 11.5 Å². The standard InChI is InChI=1S/C15H15ClN4O3S/c1-8-2-4-9(5-3-8)10-6-12(16)11(14(21)20-15(17)18)7-13(10)24(19,22)23/h2-7H,1H3,(H2,19,22,23)(H4,17,18,20,21). The van der Waals surface area contributed by atoms with Crippen molar-refractivity contribution in [1.29, 1.82) is 0 Å². The van der Waals surface area contributed by atoms with Gasteiger partial charge in [-0.15, -0.1) is 0 Å². The van der Waals surface area contributed by atoms with Gasteiger partial charge in [0.2, 0.25) is 10.0 Å². The van der Waals surface area contributed by atoms with Crippen LogP contribution >= 0.6 is 11.6 Å². The topological polar surface area (TPSA) is 142 Å². The number of nitrogens with two attached hydrogens (primary N) is 3. The lowest BCUT2D eigenvalue weighted by Gasteiger charge is -2.11. The Bertz CT molecular complexity index is 934. The van der Waals surface area contributed by atoms with Crippen LogP contribution in [0.25, 0.3) is 11.1 Å². The van der Waals surface area contributed by atoms with Crippen molar-refractivity contribution < 1.29 is 13.2 Å². The van der Waals surface area contributed by atoms with Gasteiger partial charge in [0.25, 0.3) is 5.91 Å². The summed E-state index contributed by atoms with van der Waals surface area (Å²) in [5.74, 6) is -1.32. The molecule has 0 saturated carbocycles. The number of nitrogens with zero attached hydrogens (tertiary/aromatic N) is 1.